The molecular weight excluding hydrogens is 415 g/mol. The quantitative estimate of drug-likeness (QED) is 0.271. The van der Waals surface area contributed by atoms with Gasteiger partial charge >= 0.3 is 0 Å². The molecule has 0 amide bonds. The molecule has 0 bridgehead atoms. The zero-order valence-electron chi connectivity index (χ0n) is 15.4. The summed E-state index contributed by atoms with van der Waals surface area (Å²) < 4.78 is 5.40. The lowest BCUT2D eigenvalue weighted by molar-refractivity contribution is 0.0320. The molecule has 1 saturated heterocycles. The van der Waals surface area contributed by atoms with Gasteiger partial charge in [-0.25, -0.2) is 0 Å². The fourth-order valence-corrected chi connectivity index (χ4v) is 3.25. The van der Waals surface area contributed by atoms with Crippen LogP contribution in [-0.4, -0.2) is 63.8 Å². The van der Waals surface area contributed by atoms with E-state index in [2.05, 4.69) is 33.5 Å². The van der Waals surface area contributed by atoms with E-state index in [1.54, 1.807) is 5.57 Å². The summed E-state index contributed by atoms with van der Waals surface area (Å²) in [4.78, 5) is 6.82. The Labute approximate surface area is 164 Å². The second kappa shape index (κ2) is 12.9. The van der Waals surface area contributed by atoms with Crippen LogP contribution >= 0.6 is 24.0 Å². The van der Waals surface area contributed by atoms with Gasteiger partial charge in [0, 0.05) is 39.8 Å². The largest absolute Gasteiger partial charge is 0.379 e. The Morgan fingerprint density at radius 3 is 2.75 bits per heavy atom. The number of aliphatic imine (C=N–C) groups is 1. The lowest BCUT2D eigenvalue weighted by Gasteiger charge is -2.29. The van der Waals surface area contributed by atoms with Gasteiger partial charge in [0.25, 0.3) is 0 Å². The average molecular weight is 450 g/mol. The minimum absolute atomic E-state index is 0. The molecule has 1 unspecified atom stereocenters. The highest BCUT2D eigenvalue weighted by Crippen LogP contribution is 2.19. The molecule has 1 fully saturated rings. The summed E-state index contributed by atoms with van der Waals surface area (Å²) in [5.41, 5.74) is 1.61. The molecule has 1 heterocycles. The van der Waals surface area contributed by atoms with Crippen LogP contribution in [0.4, 0.5) is 0 Å². The van der Waals surface area contributed by atoms with Crippen molar-refractivity contribution < 1.29 is 4.74 Å². The molecule has 2 N–H and O–H groups in total. The Morgan fingerprint density at radius 2 is 2.08 bits per heavy atom. The van der Waals surface area contributed by atoms with Crippen LogP contribution in [0.25, 0.3) is 0 Å². The maximum absolute atomic E-state index is 5.40. The molecule has 0 aromatic heterocycles. The van der Waals surface area contributed by atoms with E-state index in [4.69, 9.17) is 4.74 Å². The van der Waals surface area contributed by atoms with Crippen LogP contribution in [0.3, 0.4) is 0 Å². The molecule has 0 radical (unpaired) electrons. The van der Waals surface area contributed by atoms with Gasteiger partial charge in [0.05, 0.1) is 13.2 Å². The summed E-state index contributed by atoms with van der Waals surface area (Å²) in [6, 6.07) is 0. The summed E-state index contributed by atoms with van der Waals surface area (Å²) in [5.74, 6) is 1.53. The fraction of sp³-hybridized carbons (Fsp3) is 0.833. The molecule has 0 aromatic rings. The van der Waals surface area contributed by atoms with E-state index >= 15 is 0 Å². The first-order valence-corrected chi connectivity index (χ1v) is 9.20. The minimum atomic E-state index is 0. The molecule has 6 heteroatoms. The lowest BCUT2D eigenvalue weighted by Crippen LogP contribution is -2.44. The molecule has 1 aliphatic heterocycles. The molecule has 0 saturated carbocycles. The first-order valence-electron chi connectivity index (χ1n) is 9.20. The van der Waals surface area contributed by atoms with Crippen molar-refractivity contribution in [2.45, 2.75) is 39.0 Å². The summed E-state index contributed by atoms with van der Waals surface area (Å²) in [7, 11) is 1.85. The third kappa shape index (κ3) is 8.67. The Bertz CT molecular complexity index is 394. The van der Waals surface area contributed by atoms with Crippen LogP contribution in [0, 0.1) is 5.92 Å². The smallest absolute Gasteiger partial charge is 0.190 e. The number of halogens is 1. The van der Waals surface area contributed by atoms with Crippen molar-refractivity contribution in [2.24, 2.45) is 10.9 Å². The van der Waals surface area contributed by atoms with E-state index in [9.17, 15) is 0 Å². The number of rotatable bonds is 7. The van der Waals surface area contributed by atoms with Crippen molar-refractivity contribution in [1.29, 1.82) is 0 Å². The maximum Gasteiger partial charge on any atom is 0.190 e. The van der Waals surface area contributed by atoms with E-state index in [0.717, 1.165) is 58.3 Å². The van der Waals surface area contributed by atoms with Gasteiger partial charge in [0.15, 0.2) is 5.96 Å². The molecule has 1 atom stereocenters. The van der Waals surface area contributed by atoms with Crippen LogP contribution < -0.4 is 10.6 Å². The van der Waals surface area contributed by atoms with Crippen molar-refractivity contribution in [3.8, 4) is 0 Å². The first-order chi connectivity index (χ1) is 11.3. The van der Waals surface area contributed by atoms with E-state index < -0.39 is 0 Å². The van der Waals surface area contributed by atoms with Gasteiger partial charge in [0.1, 0.15) is 0 Å². The number of hydrogen-bond donors (Lipinski definition) is 2. The van der Waals surface area contributed by atoms with Gasteiger partial charge in [-0.05, 0) is 38.0 Å². The summed E-state index contributed by atoms with van der Waals surface area (Å²) in [6.45, 7) is 9.23. The zero-order valence-corrected chi connectivity index (χ0v) is 17.7. The van der Waals surface area contributed by atoms with Crippen molar-refractivity contribution in [3.05, 3.63) is 11.6 Å². The van der Waals surface area contributed by atoms with Gasteiger partial charge in [-0.3, -0.25) is 9.89 Å². The highest BCUT2D eigenvalue weighted by molar-refractivity contribution is 14.0. The van der Waals surface area contributed by atoms with E-state index in [-0.39, 0.29) is 24.0 Å². The van der Waals surface area contributed by atoms with Crippen LogP contribution in [0.2, 0.25) is 0 Å². The summed E-state index contributed by atoms with van der Waals surface area (Å²) >= 11 is 0. The van der Waals surface area contributed by atoms with Crippen LogP contribution in [0.1, 0.15) is 39.0 Å². The van der Waals surface area contributed by atoms with Crippen LogP contribution in [0.5, 0.6) is 0 Å². The van der Waals surface area contributed by atoms with Gasteiger partial charge < -0.3 is 15.4 Å². The van der Waals surface area contributed by atoms with Crippen molar-refractivity contribution in [1.82, 2.24) is 15.5 Å². The standard InChI is InChI=1S/C18H34N4O.HI/c1-16(15-22-10-12-23-13-11-22)14-21-18(19-2)20-9-8-17-6-4-3-5-7-17;/h6,16H,3-5,7-15H2,1-2H3,(H2,19,20,21);1H. The molecule has 1 aliphatic carbocycles. The number of nitrogens with one attached hydrogen (secondary N) is 2. The fourth-order valence-electron chi connectivity index (χ4n) is 3.25. The Kier molecular flexibility index (Phi) is 11.7. The Hall–Kier alpha value is -0.340. The number of hydrogen-bond acceptors (Lipinski definition) is 3. The van der Waals surface area contributed by atoms with Crippen LogP contribution in [0.15, 0.2) is 16.6 Å². The second-order valence-electron chi connectivity index (χ2n) is 6.76. The molecule has 2 rings (SSSR count). The molecule has 140 valence electrons. The topological polar surface area (TPSA) is 48.9 Å². The number of nitrogens with zero attached hydrogens (tertiary/aromatic N) is 2. The van der Waals surface area contributed by atoms with Crippen LogP contribution in [-0.2, 0) is 4.74 Å². The molecule has 5 nitrogen and oxygen atoms in total. The van der Waals surface area contributed by atoms with E-state index in [1.807, 2.05) is 7.05 Å². The molecule has 0 aromatic carbocycles. The second-order valence-corrected chi connectivity index (χ2v) is 6.76. The van der Waals surface area contributed by atoms with Gasteiger partial charge in [-0.15, -0.1) is 24.0 Å². The highest BCUT2D eigenvalue weighted by atomic mass is 127. The van der Waals surface area contributed by atoms with Gasteiger partial charge in [-0.2, -0.15) is 0 Å². The van der Waals surface area contributed by atoms with E-state index in [0.29, 0.717) is 5.92 Å². The van der Waals surface area contributed by atoms with Gasteiger partial charge in [-0.1, -0.05) is 18.6 Å². The molecule has 2 aliphatic rings. The highest BCUT2D eigenvalue weighted by Gasteiger charge is 2.14. The number of ether oxygens (including phenoxy) is 1. The third-order valence-electron chi connectivity index (χ3n) is 4.64. The van der Waals surface area contributed by atoms with Crippen molar-refractivity contribution in [3.63, 3.8) is 0 Å². The summed E-state index contributed by atoms with van der Waals surface area (Å²) in [6.07, 6.45) is 8.83. The minimum Gasteiger partial charge on any atom is -0.379 e. The molecule has 24 heavy (non-hydrogen) atoms. The summed E-state index contributed by atoms with van der Waals surface area (Å²) in [5, 5.41) is 6.90. The molecule has 0 spiro atoms. The maximum atomic E-state index is 5.40. The van der Waals surface area contributed by atoms with E-state index in [1.165, 1.54) is 25.7 Å². The van der Waals surface area contributed by atoms with Crippen molar-refractivity contribution >= 4 is 29.9 Å². The van der Waals surface area contributed by atoms with Gasteiger partial charge in [0.2, 0.25) is 0 Å². The number of morpholine rings is 1. The SMILES string of the molecule is CN=C(NCCC1=CCCCC1)NCC(C)CN1CCOCC1.I. The molecular formula is C18H35IN4O. The first kappa shape index (κ1) is 21.7. The Balaban J connectivity index is 0.00000288. The Morgan fingerprint density at radius 1 is 1.29 bits per heavy atom. The predicted molar refractivity (Wildman–Crippen MR) is 112 cm³/mol. The predicted octanol–water partition coefficient (Wildman–Crippen LogP) is 2.63. The monoisotopic (exact) mass is 450 g/mol. The number of allylic oxidation sites excluding steroid dienone is 1. The number of guanidine groups is 1. The lowest BCUT2D eigenvalue weighted by atomic mass is 9.97. The van der Waals surface area contributed by atoms with Crippen molar-refractivity contribution in [2.75, 3.05) is 53.0 Å². The zero-order chi connectivity index (χ0) is 16.3. The average Bonchev–Trinajstić information content (AvgIpc) is 2.59. The third-order valence-corrected chi connectivity index (χ3v) is 4.64. The normalized spacial score (nSPS) is 20.8.